The lowest BCUT2D eigenvalue weighted by Crippen LogP contribution is -3.13. The first-order valence-electron chi connectivity index (χ1n) is 9.41. The topological polar surface area (TPSA) is 76.9 Å². The molecule has 142 valence electrons. The lowest BCUT2D eigenvalue weighted by molar-refractivity contribution is -0.917. The average molecular weight is 385 g/mol. The predicted molar refractivity (Wildman–Crippen MR) is 102 cm³/mol. The molecule has 1 aliphatic heterocycles. The lowest BCUT2D eigenvalue weighted by atomic mass is 10.1. The third-order valence-electron chi connectivity index (χ3n) is 5.40. The highest BCUT2D eigenvalue weighted by molar-refractivity contribution is 7.17. The van der Waals surface area contributed by atoms with Crippen molar-refractivity contribution >= 4 is 28.3 Å². The molecular formula is C20H23N3O3S. The molecule has 0 saturated carbocycles. The number of anilines is 1. The summed E-state index contributed by atoms with van der Waals surface area (Å²) in [5.74, 6) is -1.19. The van der Waals surface area contributed by atoms with Crippen LogP contribution in [0.25, 0.3) is 0 Å². The summed E-state index contributed by atoms with van der Waals surface area (Å²) in [6, 6.07) is 10.2. The molecule has 4 rings (SSSR count). The van der Waals surface area contributed by atoms with Crippen LogP contribution < -0.4 is 15.3 Å². The summed E-state index contributed by atoms with van der Waals surface area (Å²) < 4.78 is 0. The second-order valence-electron chi connectivity index (χ2n) is 7.18. The number of rotatable bonds is 4. The number of hydrogen-bond acceptors (Lipinski definition) is 4. The van der Waals surface area contributed by atoms with Crippen molar-refractivity contribution in [1.29, 1.82) is 0 Å². The molecule has 0 radical (unpaired) electrons. The van der Waals surface area contributed by atoms with Crippen LogP contribution in [-0.2, 0) is 19.4 Å². The third kappa shape index (κ3) is 3.84. The van der Waals surface area contributed by atoms with Crippen molar-refractivity contribution in [3.05, 3.63) is 51.9 Å². The van der Waals surface area contributed by atoms with Gasteiger partial charge in [0.1, 0.15) is 11.5 Å². The largest absolute Gasteiger partial charge is 0.545 e. The number of aromatic carboxylic acids is 1. The SMILES string of the molecule is O=C([O-])c1c(NC(=O)N2CC[NH+](Cc3ccccc3)CC2)sc2c1CCC2. The second-order valence-corrected chi connectivity index (χ2v) is 8.28. The van der Waals surface area contributed by atoms with Gasteiger partial charge in [-0.25, -0.2) is 4.79 Å². The Morgan fingerprint density at radius 1 is 1.15 bits per heavy atom. The molecule has 2 heterocycles. The zero-order valence-electron chi connectivity index (χ0n) is 15.1. The van der Waals surface area contributed by atoms with E-state index in [1.807, 2.05) is 18.2 Å². The molecule has 27 heavy (non-hydrogen) atoms. The maximum Gasteiger partial charge on any atom is 0.322 e. The van der Waals surface area contributed by atoms with E-state index in [0.29, 0.717) is 18.1 Å². The number of benzene rings is 1. The number of thiophene rings is 1. The molecule has 0 bridgehead atoms. The Bertz CT molecular complexity index is 842. The van der Waals surface area contributed by atoms with Crippen molar-refractivity contribution < 1.29 is 19.6 Å². The molecule has 2 aliphatic rings. The Morgan fingerprint density at radius 2 is 1.89 bits per heavy atom. The zero-order chi connectivity index (χ0) is 18.8. The molecule has 1 fully saturated rings. The maximum atomic E-state index is 12.6. The van der Waals surface area contributed by atoms with Crippen molar-refractivity contribution in [2.75, 3.05) is 31.5 Å². The number of piperazine rings is 1. The van der Waals surface area contributed by atoms with Crippen molar-refractivity contribution in [3.63, 3.8) is 0 Å². The summed E-state index contributed by atoms with van der Waals surface area (Å²) in [4.78, 5) is 28.5. The van der Waals surface area contributed by atoms with E-state index >= 15 is 0 Å². The molecule has 1 saturated heterocycles. The average Bonchev–Trinajstić information content (AvgIpc) is 3.23. The number of amides is 2. The molecule has 2 amide bonds. The van der Waals surface area contributed by atoms with Gasteiger partial charge in [-0.15, -0.1) is 11.3 Å². The van der Waals surface area contributed by atoms with Crippen LogP contribution in [-0.4, -0.2) is 43.1 Å². The lowest BCUT2D eigenvalue weighted by Gasteiger charge is -2.32. The van der Waals surface area contributed by atoms with Gasteiger partial charge in [0.25, 0.3) is 0 Å². The minimum atomic E-state index is -1.19. The Balaban J connectivity index is 1.36. The first kappa shape index (κ1) is 18.0. The van der Waals surface area contributed by atoms with E-state index in [9.17, 15) is 14.7 Å². The van der Waals surface area contributed by atoms with Crippen LogP contribution >= 0.6 is 11.3 Å². The molecule has 1 aromatic carbocycles. The number of urea groups is 1. The van der Waals surface area contributed by atoms with Crippen LogP contribution in [0.3, 0.4) is 0 Å². The van der Waals surface area contributed by atoms with Crippen LogP contribution in [0, 0.1) is 0 Å². The first-order valence-corrected chi connectivity index (χ1v) is 10.2. The van der Waals surface area contributed by atoms with Gasteiger partial charge in [-0.1, -0.05) is 30.3 Å². The minimum absolute atomic E-state index is 0.189. The van der Waals surface area contributed by atoms with E-state index in [4.69, 9.17) is 0 Å². The first-order chi connectivity index (χ1) is 13.1. The minimum Gasteiger partial charge on any atom is -0.545 e. The Morgan fingerprint density at radius 3 is 2.59 bits per heavy atom. The number of quaternary nitrogens is 1. The fourth-order valence-corrected chi connectivity index (χ4v) is 5.24. The van der Waals surface area contributed by atoms with Gasteiger partial charge >= 0.3 is 6.03 Å². The number of carbonyl (C=O) groups is 2. The highest BCUT2D eigenvalue weighted by atomic mass is 32.1. The van der Waals surface area contributed by atoms with Crippen molar-refractivity contribution in [2.24, 2.45) is 0 Å². The summed E-state index contributed by atoms with van der Waals surface area (Å²) in [5, 5.41) is 14.8. The molecule has 0 unspecified atom stereocenters. The van der Waals surface area contributed by atoms with Gasteiger partial charge in [-0.05, 0) is 24.8 Å². The molecule has 0 atom stereocenters. The maximum absolute atomic E-state index is 12.6. The van der Waals surface area contributed by atoms with E-state index in [0.717, 1.165) is 49.3 Å². The smallest absolute Gasteiger partial charge is 0.322 e. The number of nitrogens with zero attached hydrogens (tertiary/aromatic N) is 1. The third-order valence-corrected chi connectivity index (χ3v) is 6.61. The van der Waals surface area contributed by atoms with Crippen LogP contribution in [0.4, 0.5) is 9.80 Å². The molecule has 0 spiro atoms. The Kier molecular flexibility index (Phi) is 5.13. The van der Waals surface area contributed by atoms with E-state index in [1.165, 1.54) is 21.8 Å². The second kappa shape index (κ2) is 7.70. The summed E-state index contributed by atoms with van der Waals surface area (Å²) >= 11 is 1.39. The van der Waals surface area contributed by atoms with Gasteiger partial charge < -0.3 is 19.7 Å². The van der Waals surface area contributed by atoms with Gasteiger partial charge in [-0.3, -0.25) is 5.32 Å². The molecule has 7 heteroatoms. The quantitative estimate of drug-likeness (QED) is 0.806. The normalized spacial score (nSPS) is 17.0. The highest BCUT2D eigenvalue weighted by Gasteiger charge is 2.27. The van der Waals surface area contributed by atoms with E-state index < -0.39 is 5.97 Å². The fourth-order valence-electron chi connectivity index (χ4n) is 3.97. The number of nitrogens with one attached hydrogen (secondary N) is 2. The predicted octanol–water partition coefficient (Wildman–Crippen LogP) is 0.533. The van der Waals surface area contributed by atoms with Crippen molar-refractivity contribution in [1.82, 2.24) is 4.90 Å². The van der Waals surface area contributed by atoms with Crippen molar-refractivity contribution in [2.45, 2.75) is 25.8 Å². The molecular weight excluding hydrogens is 362 g/mol. The van der Waals surface area contributed by atoms with Crippen molar-refractivity contribution in [3.8, 4) is 0 Å². The van der Waals surface area contributed by atoms with Gasteiger partial charge in [0, 0.05) is 16.0 Å². The molecule has 6 nitrogen and oxygen atoms in total. The summed E-state index contributed by atoms with van der Waals surface area (Å²) in [7, 11) is 0. The summed E-state index contributed by atoms with van der Waals surface area (Å²) in [5.41, 5.74) is 2.35. The number of aryl methyl sites for hydroxylation is 1. The Hall–Kier alpha value is -2.38. The summed E-state index contributed by atoms with van der Waals surface area (Å²) in [6.45, 7) is 4.06. The van der Waals surface area contributed by atoms with E-state index in [-0.39, 0.29) is 11.6 Å². The van der Waals surface area contributed by atoms with E-state index in [1.54, 1.807) is 4.90 Å². The van der Waals surface area contributed by atoms with Gasteiger partial charge in [0.2, 0.25) is 0 Å². The molecule has 1 aromatic heterocycles. The standard InChI is InChI=1S/C20H23N3O3S/c24-19(25)17-15-7-4-8-16(15)27-18(17)21-20(26)23-11-9-22(10-12-23)13-14-5-2-1-3-6-14/h1-3,5-6H,4,7-13H2,(H,21,26)(H,24,25). The van der Waals surface area contributed by atoms with Gasteiger partial charge in [0.05, 0.1) is 32.1 Å². The number of carbonyl (C=O) groups excluding carboxylic acids is 2. The van der Waals surface area contributed by atoms with Crippen LogP contribution in [0.15, 0.2) is 30.3 Å². The fraction of sp³-hybridized carbons (Fsp3) is 0.400. The van der Waals surface area contributed by atoms with Crippen LogP contribution in [0.2, 0.25) is 0 Å². The Labute approximate surface area is 162 Å². The molecule has 1 aliphatic carbocycles. The highest BCUT2D eigenvalue weighted by Crippen LogP contribution is 2.38. The number of hydrogen-bond donors (Lipinski definition) is 2. The number of carboxylic acids is 1. The summed E-state index contributed by atoms with van der Waals surface area (Å²) in [6.07, 6.45) is 2.62. The van der Waals surface area contributed by atoms with E-state index in [2.05, 4.69) is 17.4 Å². The van der Waals surface area contributed by atoms with Crippen LogP contribution in [0.5, 0.6) is 0 Å². The monoisotopic (exact) mass is 385 g/mol. The number of carboxylic acid groups (broad SMARTS) is 1. The molecule has 2 aromatic rings. The van der Waals surface area contributed by atoms with Gasteiger partial charge in [-0.2, -0.15) is 0 Å². The molecule has 2 N–H and O–H groups in total. The van der Waals surface area contributed by atoms with Gasteiger partial charge in [0.15, 0.2) is 0 Å². The zero-order valence-corrected chi connectivity index (χ0v) is 15.9. The number of fused-ring (bicyclic) bond motifs is 1. The van der Waals surface area contributed by atoms with Crippen LogP contribution in [0.1, 0.15) is 32.8 Å².